The summed E-state index contributed by atoms with van der Waals surface area (Å²) in [5.41, 5.74) is 1.02. The minimum Gasteiger partial charge on any atom is -0.379 e. The predicted octanol–water partition coefficient (Wildman–Crippen LogP) is 2.13. The summed E-state index contributed by atoms with van der Waals surface area (Å²) in [6, 6.07) is 10.8. The topological polar surface area (TPSA) is 103 Å². The Morgan fingerprint density at radius 1 is 1.13 bits per heavy atom. The second-order valence-electron chi connectivity index (χ2n) is 7.21. The fourth-order valence-electron chi connectivity index (χ4n) is 3.35. The molecule has 0 bridgehead atoms. The van der Waals surface area contributed by atoms with Gasteiger partial charge in [-0.3, -0.25) is 4.90 Å². The van der Waals surface area contributed by atoms with Crippen LogP contribution in [-0.4, -0.2) is 54.4 Å². The number of rotatable bonds is 6. The number of ether oxygens (including phenoxy) is 1. The molecule has 0 spiro atoms. The van der Waals surface area contributed by atoms with Crippen LogP contribution in [-0.2, 0) is 27.7 Å². The Labute approximate surface area is 184 Å². The van der Waals surface area contributed by atoms with Crippen LogP contribution in [0.25, 0.3) is 5.69 Å². The minimum absolute atomic E-state index is 0.0945. The summed E-state index contributed by atoms with van der Waals surface area (Å²) in [5, 5.41) is 10.2. The molecular weight excluding hydrogens is 445 g/mol. The summed E-state index contributed by atoms with van der Waals surface area (Å²) >= 11 is 5.97. The maximum Gasteiger partial charge on any atom is 0.238 e. The number of primary sulfonamides is 1. The molecule has 3 aromatic rings. The molecule has 2 N–H and O–H groups in total. The van der Waals surface area contributed by atoms with Crippen molar-refractivity contribution in [3.05, 3.63) is 70.5 Å². The van der Waals surface area contributed by atoms with Crippen molar-refractivity contribution in [3.63, 3.8) is 0 Å². The second-order valence-corrected chi connectivity index (χ2v) is 9.20. The number of nitrogens with two attached hydrogens (primary N) is 1. The number of halogens is 2. The molecule has 0 amide bonds. The number of benzene rings is 2. The number of hydrogen-bond acceptors (Lipinski definition) is 6. The first kappa shape index (κ1) is 21.8. The molecule has 1 aliphatic heterocycles. The Kier molecular flexibility index (Phi) is 6.35. The zero-order chi connectivity index (χ0) is 22.0. The van der Waals surface area contributed by atoms with Gasteiger partial charge in [0, 0.05) is 24.5 Å². The molecule has 4 rings (SSSR count). The summed E-state index contributed by atoms with van der Waals surface area (Å²) in [7, 11) is -4.02. The Bertz CT molecular complexity index is 1180. The zero-order valence-corrected chi connectivity index (χ0v) is 18.1. The molecule has 1 saturated heterocycles. The van der Waals surface area contributed by atoms with Gasteiger partial charge < -0.3 is 4.74 Å². The van der Waals surface area contributed by atoms with E-state index in [1.54, 1.807) is 12.1 Å². The van der Waals surface area contributed by atoms with Crippen molar-refractivity contribution in [1.82, 2.24) is 19.7 Å². The highest BCUT2D eigenvalue weighted by atomic mass is 35.5. The lowest BCUT2D eigenvalue weighted by molar-refractivity contribution is 0.0330. The van der Waals surface area contributed by atoms with Crippen molar-refractivity contribution in [1.29, 1.82) is 0 Å². The van der Waals surface area contributed by atoms with Crippen LogP contribution in [0.4, 0.5) is 4.39 Å². The van der Waals surface area contributed by atoms with Crippen LogP contribution in [0.3, 0.4) is 0 Å². The van der Waals surface area contributed by atoms with E-state index in [0.717, 1.165) is 24.7 Å². The van der Waals surface area contributed by atoms with Crippen LogP contribution in [0, 0.1) is 5.82 Å². The van der Waals surface area contributed by atoms with Gasteiger partial charge in [-0.05, 0) is 35.9 Å². The van der Waals surface area contributed by atoms with E-state index in [1.807, 2.05) is 12.1 Å². The van der Waals surface area contributed by atoms with Gasteiger partial charge in [0.2, 0.25) is 10.0 Å². The van der Waals surface area contributed by atoms with E-state index < -0.39 is 15.8 Å². The number of morpholine rings is 1. The van der Waals surface area contributed by atoms with Crippen LogP contribution in [0.5, 0.6) is 0 Å². The molecule has 8 nitrogen and oxygen atoms in total. The zero-order valence-electron chi connectivity index (χ0n) is 16.5. The largest absolute Gasteiger partial charge is 0.379 e. The fourth-order valence-corrected chi connectivity index (χ4v) is 4.00. The molecule has 31 heavy (non-hydrogen) atoms. The van der Waals surface area contributed by atoms with Crippen molar-refractivity contribution < 1.29 is 17.5 Å². The lowest BCUT2D eigenvalue weighted by Crippen LogP contribution is -2.36. The summed E-state index contributed by atoms with van der Waals surface area (Å²) in [6.45, 7) is 3.31. The molecule has 2 aromatic carbocycles. The number of sulfonamides is 1. The maximum absolute atomic E-state index is 14.9. The molecule has 0 aliphatic carbocycles. The van der Waals surface area contributed by atoms with E-state index in [9.17, 15) is 12.8 Å². The van der Waals surface area contributed by atoms with Gasteiger partial charge in [0.25, 0.3) is 0 Å². The van der Waals surface area contributed by atoms with Crippen molar-refractivity contribution in [2.75, 3.05) is 26.3 Å². The molecule has 1 fully saturated rings. The molecule has 0 radical (unpaired) electrons. The van der Waals surface area contributed by atoms with Gasteiger partial charge in [-0.1, -0.05) is 23.7 Å². The highest BCUT2D eigenvalue weighted by Gasteiger charge is 2.20. The average Bonchev–Trinajstić information content (AvgIpc) is 3.11. The Hall–Kier alpha value is -2.37. The smallest absolute Gasteiger partial charge is 0.238 e. The van der Waals surface area contributed by atoms with Crippen LogP contribution in [0.15, 0.2) is 47.4 Å². The quantitative estimate of drug-likeness (QED) is 0.598. The van der Waals surface area contributed by atoms with Crippen molar-refractivity contribution in [2.24, 2.45) is 5.14 Å². The third kappa shape index (κ3) is 5.28. The first-order chi connectivity index (χ1) is 14.8. The first-order valence-electron chi connectivity index (χ1n) is 9.62. The average molecular weight is 466 g/mol. The van der Waals surface area contributed by atoms with Crippen LogP contribution < -0.4 is 5.14 Å². The molecule has 0 atom stereocenters. The first-order valence-corrected chi connectivity index (χ1v) is 11.5. The normalized spacial score (nSPS) is 15.3. The molecule has 2 heterocycles. The molecule has 0 saturated carbocycles. The summed E-state index contributed by atoms with van der Waals surface area (Å²) in [5.74, 6) is 0.306. The van der Waals surface area contributed by atoms with Crippen LogP contribution in [0.2, 0.25) is 5.02 Å². The van der Waals surface area contributed by atoms with Crippen molar-refractivity contribution >= 4 is 21.6 Å². The minimum atomic E-state index is -4.02. The van der Waals surface area contributed by atoms with Gasteiger partial charge in [0.15, 0.2) is 5.82 Å². The highest BCUT2D eigenvalue weighted by Crippen LogP contribution is 2.21. The monoisotopic (exact) mass is 465 g/mol. The van der Waals surface area contributed by atoms with Crippen LogP contribution >= 0.6 is 11.6 Å². The van der Waals surface area contributed by atoms with E-state index in [0.29, 0.717) is 42.9 Å². The maximum atomic E-state index is 14.9. The van der Waals surface area contributed by atoms with Gasteiger partial charge >= 0.3 is 0 Å². The van der Waals surface area contributed by atoms with Gasteiger partial charge in [0.05, 0.1) is 24.7 Å². The highest BCUT2D eigenvalue weighted by molar-refractivity contribution is 7.89. The van der Waals surface area contributed by atoms with Crippen molar-refractivity contribution in [3.8, 4) is 5.69 Å². The Morgan fingerprint density at radius 2 is 1.84 bits per heavy atom. The Morgan fingerprint density at radius 3 is 2.48 bits per heavy atom. The molecule has 164 valence electrons. The summed E-state index contributed by atoms with van der Waals surface area (Å²) in [6.07, 6.45) is 0.393. The number of nitrogens with zero attached hydrogens (tertiary/aromatic N) is 4. The third-order valence-electron chi connectivity index (χ3n) is 4.94. The molecular formula is C20H21ClFN5O3S. The fraction of sp³-hybridized carbons (Fsp3) is 0.300. The molecule has 1 aromatic heterocycles. The van der Waals surface area contributed by atoms with E-state index in [-0.39, 0.29) is 10.6 Å². The molecule has 11 heteroatoms. The third-order valence-corrected chi connectivity index (χ3v) is 6.10. The lowest BCUT2D eigenvalue weighted by Gasteiger charge is -2.25. The van der Waals surface area contributed by atoms with Gasteiger partial charge in [-0.15, -0.1) is 5.10 Å². The van der Waals surface area contributed by atoms with Crippen molar-refractivity contribution in [2.45, 2.75) is 17.9 Å². The predicted molar refractivity (Wildman–Crippen MR) is 113 cm³/mol. The van der Waals surface area contributed by atoms with E-state index in [2.05, 4.69) is 15.0 Å². The Balaban J connectivity index is 1.71. The van der Waals surface area contributed by atoms with Gasteiger partial charge in [-0.2, -0.15) is 0 Å². The molecule has 0 unspecified atom stereocenters. The van der Waals surface area contributed by atoms with Crippen LogP contribution in [0.1, 0.15) is 17.2 Å². The number of aromatic nitrogens is 3. The molecule has 1 aliphatic rings. The van der Waals surface area contributed by atoms with Gasteiger partial charge in [0.1, 0.15) is 17.3 Å². The van der Waals surface area contributed by atoms with E-state index in [4.69, 9.17) is 21.5 Å². The second kappa shape index (κ2) is 9.01. The SMILES string of the molecule is NS(=O)(=O)c1ccc(-n2nc(CN3CCOCC3)nc2Cc2ccc(Cl)cc2)c(F)c1. The lowest BCUT2D eigenvalue weighted by atomic mass is 10.1. The summed E-state index contributed by atoms with van der Waals surface area (Å²) in [4.78, 5) is 6.50. The number of hydrogen-bond donors (Lipinski definition) is 1. The van der Waals surface area contributed by atoms with E-state index in [1.165, 1.54) is 16.8 Å². The summed E-state index contributed by atoms with van der Waals surface area (Å²) < 4.78 is 44.7. The standard InChI is InChI=1S/C20H21ClFN5O3S/c21-15-3-1-14(2-4-15)11-20-24-19(13-26-7-9-30-10-8-26)25-27(20)18-6-5-16(12-17(18)22)31(23,28)29/h1-6,12H,7-11,13H2,(H2,23,28,29). The van der Waals surface area contributed by atoms with E-state index >= 15 is 0 Å². The van der Waals surface area contributed by atoms with Gasteiger partial charge in [-0.25, -0.2) is 27.6 Å².